The lowest BCUT2D eigenvalue weighted by molar-refractivity contribution is 0.0814. The number of hydrogen-bond donors (Lipinski definition) is 1. The molecule has 2 aromatic rings. The highest BCUT2D eigenvalue weighted by Crippen LogP contribution is 2.35. The van der Waals surface area contributed by atoms with Gasteiger partial charge in [0.2, 0.25) is 0 Å². The van der Waals surface area contributed by atoms with Crippen molar-refractivity contribution in [2.45, 2.75) is 32.9 Å². The molecule has 0 aliphatic carbocycles. The molecule has 2 heterocycles. The van der Waals surface area contributed by atoms with Gasteiger partial charge in [-0.05, 0) is 38.0 Å². The number of aromatic amines is 1. The standard InChI is InChI=1S/C15H18FN3/c1-10-14(11(2)18-17-10)9-19-8-7-15(19)12-3-5-13(16)6-4-12/h3-6,15H,7-9H2,1-2H3,(H,17,18)/t15-/m0/s1. The van der Waals surface area contributed by atoms with E-state index in [2.05, 4.69) is 22.0 Å². The summed E-state index contributed by atoms with van der Waals surface area (Å²) in [7, 11) is 0. The van der Waals surface area contributed by atoms with Crippen LogP contribution < -0.4 is 0 Å². The molecule has 1 aliphatic heterocycles. The second-order valence-corrected chi connectivity index (χ2v) is 5.24. The van der Waals surface area contributed by atoms with Gasteiger partial charge in [0.05, 0.1) is 5.69 Å². The van der Waals surface area contributed by atoms with Crippen molar-refractivity contribution in [3.05, 3.63) is 52.6 Å². The van der Waals surface area contributed by atoms with Gasteiger partial charge in [-0.25, -0.2) is 4.39 Å². The Bertz CT molecular complexity index is 554. The van der Waals surface area contributed by atoms with Gasteiger partial charge in [0.15, 0.2) is 0 Å². The van der Waals surface area contributed by atoms with Gasteiger partial charge in [0.1, 0.15) is 5.82 Å². The van der Waals surface area contributed by atoms with E-state index in [1.807, 2.05) is 19.1 Å². The van der Waals surface area contributed by atoms with Crippen LogP contribution in [0.15, 0.2) is 24.3 Å². The van der Waals surface area contributed by atoms with E-state index in [4.69, 9.17) is 0 Å². The van der Waals surface area contributed by atoms with E-state index in [0.29, 0.717) is 6.04 Å². The zero-order valence-electron chi connectivity index (χ0n) is 11.3. The van der Waals surface area contributed by atoms with Gasteiger partial charge >= 0.3 is 0 Å². The van der Waals surface area contributed by atoms with E-state index < -0.39 is 0 Å². The largest absolute Gasteiger partial charge is 0.292 e. The second kappa shape index (κ2) is 4.78. The average molecular weight is 259 g/mol. The maximum Gasteiger partial charge on any atom is 0.123 e. The number of rotatable bonds is 3. The molecule has 1 N–H and O–H groups in total. The van der Waals surface area contributed by atoms with Crippen LogP contribution in [0.5, 0.6) is 0 Å². The molecule has 100 valence electrons. The highest BCUT2D eigenvalue weighted by molar-refractivity contribution is 5.26. The summed E-state index contributed by atoms with van der Waals surface area (Å²) in [5.74, 6) is -0.170. The lowest BCUT2D eigenvalue weighted by Gasteiger charge is -2.41. The Morgan fingerprint density at radius 1 is 1.32 bits per heavy atom. The molecule has 0 spiro atoms. The molecule has 1 fully saturated rings. The van der Waals surface area contributed by atoms with Crippen LogP contribution in [0.25, 0.3) is 0 Å². The first-order chi connectivity index (χ1) is 9.15. The summed E-state index contributed by atoms with van der Waals surface area (Å²) in [6.45, 7) is 6.09. The predicted octanol–water partition coefficient (Wildman–Crippen LogP) is 3.11. The summed E-state index contributed by atoms with van der Waals surface area (Å²) >= 11 is 0. The lowest BCUT2D eigenvalue weighted by Crippen LogP contribution is -2.40. The van der Waals surface area contributed by atoms with Gasteiger partial charge in [-0.2, -0.15) is 5.10 Å². The molecule has 1 atom stereocenters. The smallest absolute Gasteiger partial charge is 0.123 e. The fourth-order valence-electron chi connectivity index (χ4n) is 2.70. The van der Waals surface area contributed by atoms with Gasteiger partial charge in [-0.15, -0.1) is 0 Å². The van der Waals surface area contributed by atoms with Gasteiger partial charge in [0.25, 0.3) is 0 Å². The second-order valence-electron chi connectivity index (χ2n) is 5.24. The Hall–Kier alpha value is -1.68. The van der Waals surface area contributed by atoms with Gasteiger partial charge in [-0.3, -0.25) is 10.00 Å². The van der Waals surface area contributed by atoms with Crippen molar-refractivity contribution in [3.8, 4) is 0 Å². The number of nitrogens with one attached hydrogen (secondary N) is 1. The topological polar surface area (TPSA) is 31.9 Å². The fourth-order valence-corrected chi connectivity index (χ4v) is 2.70. The van der Waals surface area contributed by atoms with E-state index in [-0.39, 0.29) is 5.82 Å². The van der Waals surface area contributed by atoms with Crippen LogP contribution in [0.1, 0.15) is 35.0 Å². The first kappa shape index (κ1) is 12.4. The number of aromatic nitrogens is 2. The number of likely N-dealkylation sites (tertiary alicyclic amines) is 1. The Morgan fingerprint density at radius 3 is 2.58 bits per heavy atom. The first-order valence-corrected chi connectivity index (χ1v) is 6.65. The summed E-state index contributed by atoms with van der Waals surface area (Å²) in [6, 6.07) is 7.28. The van der Waals surface area contributed by atoms with Crippen molar-refractivity contribution < 1.29 is 4.39 Å². The molecule has 1 aliphatic rings. The number of halogens is 1. The lowest BCUT2D eigenvalue weighted by atomic mass is 9.94. The maximum atomic E-state index is 13.0. The summed E-state index contributed by atoms with van der Waals surface area (Å²) in [5, 5.41) is 7.26. The molecule has 19 heavy (non-hydrogen) atoms. The number of hydrogen-bond acceptors (Lipinski definition) is 2. The van der Waals surface area contributed by atoms with Crippen molar-refractivity contribution in [2.75, 3.05) is 6.54 Å². The molecule has 1 aromatic heterocycles. The zero-order chi connectivity index (χ0) is 13.4. The normalized spacial score (nSPS) is 19.4. The van der Waals surface area contributed by atoms with Crippen LogP contribution in [0, 0.1) is 19.7 Å². The van der Waals surface area contributed by atoms with E-state index in [0.717, 1.165) is 30.9 Å². The third-order valence-corrected chi connectivity index (χ3v) is 4.03. The molecular weight excluding hydrogens is 241 g/mol. The highest BCUT2D eigenvalue weighted by atomic mass is 19.1. The van der Waals surface area contributed by atoms with Crippen LogP contribution in [0.3, 0.4) is 0 Å². The monoisotopic (exact) mass is 259 g/mol. The van der Waals surface area contributed by atoms with Gasteiger partial charge in [0, 0.05) is 30.4 Å². The van der Waals surface area contributed by atoms with Crippen molar-refractivity contribution >= 4 is 0 Å². The Balaban J connectivity index is 1.75. The van der Waals surface area contributed by atoms with Gasteiger partial charge in [-0.1, -0.05) is 12.1 Å². The fraction of sp³-hybridized carbons (Fsp3) is 0.400. The van der Waals surface area contributed by atoms with E-state index >= 15 is 0 Å². The summed E-state index contributed by atoms with van der Waals surface area (Å²) < 4.78 is 13.0. The van der Waals surface area contributed by atoms with Crippen LogP contribution >= 0.6 is 0 Å². The van der Waals surface area contributed by atoms with Crippen LogP contribution in [-0.4, -0.2) is 21.6 Å². The predicted molar refractivity (Wildman–Crippen MR) is 72.2 cm³/mol. The first-order valence-electron chi connectivity index (χ1n) is 6.65. The summed E-state index contributed by atoms with van der Waals surface area (Å²) in [6.07, 6.45) is 1.14. The summed E-state index contributed by atoms with van der Waals surface area (Å²) in [4.78, 5) is 2.41. The number of aryl methyl sites for hydroxylation is 2. The van der Waals surface area contributed by atoms with Crippen LogP contribution in [0.4, 0.5) is 4.39 Å². The maximum absolute atomic E-state index is 13.0. The number of H-pyrrole nitrogens is 1. The molecule has 3 nitrogen and oxygen atoms in total. The molecule has 0 amide bonds. The zero-order valence-corrected chi connectivity index (χ0v) is 11.3. The minimum atomic E-state index is -0.170. The van der Waals surface area contributed by atoms with Crippen LogP contribution in [0.2, 0.25) is 0 Å². The SMILES string of the molecule is Cc1n[nH]c(C)c1CN1CC[C@H]1c1ccc(F)cc1. The van der Waals surface area contributed by atoms with Crippen molar-refractivity contribution in [3.63, 3.8) is 0 Å². The molecule has 0 saturated carbocycles. The molecule has 4 heteroatoms. The minimum absolute atomic E-state index is 0.170. The number of benzene rings is 1. The Labute approximate surface area is 112 Å². The molecule has 1 saturated heterocycles. The quantitative estimate of drug-likeness (QED) is 0.918. The summed E-state index contributed by atoms with van der Waals surface area (Å²) in [5.41, 5.74) is 4.70. The van der Waals surface area contributed by atoms with Crippen LogP contribution in [-0.2, 0) is 6.54 Å². The highest BCUT2D eigenvalue weighted by Gasteiger charge is 2.30. The Morgan fingerprint density at radius 2 is 2.05 bits per heavy atom. The third kappa shape index (κ3) is 2.28. The molecule has 0 unspecified atom stereocenters. The number of nitrogens with zero attached hydrogens (tertiary/aromatic N) is 2. The van der Waals surface area contributed by atoms with E-state index in [9.17, 15) is 4.39 Å². The van der Waals surface area contributed by atoms with Crippen molar-refractivity contribution in [1.29, 1.82) is 0 Å². The van der Waals surface area contributed by atoms with E-state index in [1.165, 1.54) is 11.1 Å². The third-order valence-electron chi connectivity index (χ3n) is 4.03. The van der Waals surface area contributed by atoms with E-state index in [1.54, 1.807) is 12.1 Å². The van der Waals surface area contributed by atoms with Crippen molar-refractivity contribution in [2.24, 2.45) is 0 Å². The molecule has 0 bridgehead atoms. The molecule has 1 aromatic carbocycles. The Kier molecular flexibility index (Phi) is 3.11. The van der Waals surface area contributed by atoms with Crippen molar-refractivity contribution in [1.82, 2.24) is 15.1 Å². The molecular formula is C15H18FN3. The minimum Gasteiger partial charge on any atom is -0.292 e. The molecule has 0 radical (unpaired) electrons. The molecule has 3 rings (SSSR count). The van der Waals surface area contributed by atoms with Gasteiger partial charge < -0.3 is 0 Å². The average Bonchev–Trinajstić information content (AvgIpc) is 2.68.